The molecular formula is C20H20FNO6. The fourth-order valence-electron chi connectivity index (χ4n) is 2.51. The number of rotatable bonds is 8. The van der Waals surface area contributed by atoms with Gasteiger partial charge in [0.15, 0.2) is 5.76 Å². The smallest absolute Gasteiger partial charge is 0.342 e. The minimum atomic E-state index is -0.959. The van der Waals surface area contributed by atoms with Gasteiger partial charge in [-0.05, 0) is 18.2 Å². The molecule has 0 radical (unpaired) electrons. The summed E-state index contributed by atoms with van der Waals surface area (Å²) in [6.07, 6.45) is 1.32. The number of aromatic hydroxyl groups is 1. The summed E-state index contributed by atoms with van der Waals surface area (Å²) in [6.45, 7) is 3.68. The van der Waals surface area contributed by atoms with Crippen molar-refractivity contribution in [1.82, 2.24) is 4.98 Å². The van der Waals surface area contributed by atoms with E-state index in [1.807, 2.05) is 0 Å². The van der Waals surface area contributed by atoms with Crippen LogP contribution in [-0.4, -0.2) is 48.6 Å². The van der Waals surface area contributed by atoms with Crippen LogP contribution < -0.4 is 4.74 Å². The Morgan fingerprint density at radius 1 is 1.21 bits per heavy atom. The molecule has 0 aliphatic heterocycles. The van der Waals surface area contributed by atoms with E-state index in [1.165, 1.54) is 43.6 Å². The Balaban J connectivity index is 2.73. The number of carbonyl (C=O) groups excluding carboxylic acids is 1. The molecule has 28 heavy (non-hydrogen) atoms. The molecule has 2 N–H and O–H groups in total. The van der Waals surface area contributed by atoms with Crippen molar-refractivity contribution in [2.45, 2.75) is 0 Å². The Hall–Kier alpha value is -3.39. The monoisotopic (exact) mass is 389 g/mol. The number of nitrogens with zero attached hydrogens (tertiary/aromatic N) is 1. The van der Waals surface area contributed by atoms with Gasteiger partial charge in [0.2, 0.25) is 0 Å². The number of aliphatic hydroxyl groups excluding tert-OH is 1. The molecule has 0 saturated heterocycles. The van der Waals surface area contributed by atoms with E-state index in [0.717, 1.165) is 7.11 Å². The van der Waals surface area contributed by atoms with Crippen molar-refractivity contribution in [3.8, 4) is 11.5 Å². The van der Waals surface area contributed by atoms with Crippen LogP contribution in [0.3, 0.4) is 0 Å². The topological polar surface area (TPSA) is 98.1 Å². The molecule has 0 unspecified atom stereocenters. The van der Waals surface area contributed by atoms with Crippen LogP contribution in [0, 0.1) is 0 Å². The lowest BCUT2D eigenvalue weighted by Gasteiger charge is -2.16. The maximum absolute atomic E-state index is 14.3. The lowest BCUT2D eigenvalue weighted by Crippen LogP contribution is -2.11. The van der Waals surface area contributed by atoms with Crippen LogP contribution in [0.4, 0.5) is 4.39 Å². The predicted molar refractivity (Wildman–Crippen MR) is 101 cm³/mol. The molecule has 148 valence electrons. The highest BCUT2D eigenvalue weighted by Gasteiger charge is 2.27. The number of ether oxygens (including phenoxy) is 3. The summed E-state index contributed by atoms with van der Waals surface area (Å²) >= 11 is 0. The fraction of sp³-hybridized carbons (Fsp3) is 0.200. The molecular weight excluding hydrogens is 369 g/mol. The van der Waals surface area contributed by atoms with Gasteiger partial charge in [-0.15, -0.1) is 0 Å². The quantitative estimate of drug-likeness (QED) is 0.309. The Labute approximate surface area is 161 Å². The number of benzene rings is 1. The van der Waals surface area contributed by atoms with Gasteiger partial charge >= 0.3 is 5.97 Å². The zero-order chi connectivity index (χ0) is 20.7. The molecule has 1 aromatic carbocycles. The Bertz CT molecular complexity index is 909. The molecule has 0 aliphatic carbocycles. The molecule has 7 nitrogen and oxygen atoms in total. The van der Waals surface area contributed by atoms with Crippen LogP contribution in [-0.2, 0) is 14.3 Å². The highest BCUT2D eigenvalue weighted by Crippen LogP contribution is 2.37. The maximum Gasteiger partial charge on any atom is 0.342 e. The van der Waals surface area contributed by atoms with E-state index in [4.69, 9.17) is 14.2 Å². The van der Waals surface area contributed by atoms with Crippen LogP contribution in [0.25, 0.3) is 17.2 Å². The van der Waals surface area contributed by atoms with E-state index >= 15 is 0 Å². The second kappa shape index (κ2) is 9.52. The van der Waals surface area contributed by atoms with E-state index in [9.17, 15) is 19.4 Å². The van der Waals surface area contributed by atoms with Gasteiger partial charge in [0.25, 0.3) is 0 Å². The predicted octanol–water partition coefficient (Wildman–Crippen LogP) is 3.35. The van der Waals surface area contributed by atoms with Gasteiger partial charge in [-0.1, -0.05) is 18.7 Å². The lowest BCUT2D eigenvalue weighted by atomic mass is 9.96. The van der Waals surface area contributed by atoms with Gasteiger partial charge in [-0.25, -0.2) is 14.2 Å². The second-order valence-corrected chi connectivity index (χ2v) is 5.51. The zero-order valence-electron chi connectivity index (χ0n) is 15.4. The fourth-order valence-corrected chi connectivity index (χ4v) is 2.51. The molecule has 1 aromatic heterocycles. The van der Waals surface area contributed by atoms with Crippen molar-refractivity contribution in [2.24, 2.45) is 0 Å². The summed E-state index contributed by atoms with van der Waals surface area (Å²) in [5.41, 5.74) is -0.829. The molecule has 1 heterocycles. The highest BCUT2D eigenvalue weighted by molar-refractivity contribution is 6.24. The average Bonchev–Trinajstić information content (AvgIpc) is 2.68. The lowest BCUT2D eigenvalue weighted by molar-refractivity contribution is -0.133. The molecule has 0 atom stereocenters. The standard InChI is InChI=1S/C20H20FNO6/c1-12(21)16-13(6-4-8-15(16)28-11-10-26-2)17(20(25)27-3)19(24)18-14(23)7-5-9-22-18/h4-9,23-24H,1,10-11H2,2-3H3/b19-17+. The van der Waals surface area contributed by atoms with Gasteiger partial charge in [-0.3, -0.25) is 0 Å². The summed E-state index contributed by atoms with van der Waals surface area (Å²) in [4.78, 5) is 16.3. The summed E-state index contributed by atoms with van der Waals surface area (Å²) in [5.74, 6) is -2.79. The van der Waals surface area contributed by atoms with Crippen LogP contribution in [0.5, 0.6) is 11.5 Å². The Morgan fingerprint density at radius 3 is 2.57 bits per heavy atom. The van der Waals surface area contributed by atoms with Crippen molar-refractivity contribution in [3.05, 3.63) is 59.9 Å². The molecule has 0 spiro atoms. The zero-order valence-corrected chi connectivity index (χ0v) is 15.4. The van der Waals surface area contributed by atoms with Gasteiger partial charge < -0.3 is 24.4 Å². The van der Waals surface area contributed by atoms with Crippen molar-refractivity contribution in [1.29, 1.82) is 0 Å². The van der Waals surface area contributed by atoms with Crippen molar-refractivity contribution in [3.63, 3.8) is 0 Å². The third-order valence-corrected chi connectivity index (χ3v) is 3.75. The Morgan fingerprint density at radius 2 is 1.96 bits per heavy atom. The van der Waals surface area contributed by atoms with Gasteiger partial charge in [-0.2, -0.15) is 0 Å². The molecule has 2 aromatic rings. The number of carbonyl (C=O) groups is 1. The first-order valence-electron chi connectivity index (χ1n) is 8.18. The van der Waals surface area contributed by atoms with Crippen LogP contribution in [0.2, 0.25) is 0 Å². The minimum absolute atomic E-state index is 0.0307. The van der Waals surface area contributed by atoms with E-state index in [0.29, 0.717) is 0 Å². The molecule has 0 bridgehead atoms. The maximum atomic E-state index is 14.3. The third kappa shape index (κ3) is 4.47. The number of aliphatic hydroxyl groups is 1. The number of halogens is 1. The summed E-state index contributed by atoms with van der Waals surface area (Å²) in [5, 5.41) is 20.6. The molecule has 0 fully saturated rings. The number of esters is 1. The molecule has 0 amide bonds. The summed E-state index contributed by atoms with van der Waals surface area (Å²) < 4.78 is 29.5. The van der Waals surface area contributed by atoms with Crippen LogP contribution >= 0.6 is 0 Å². The van der Waals surface area contributed by atoms with Gasteiger partial charge in [0.1, 0.15) is 35.2 Å². The number of pyridine rings is 1. The van der Waals surface area contributed by atoms with Crippen molar-refractivity contribution in [2.75, 3.05) is 27.4 Å². The van der Waals surface area contributed by atoms with Crippen molar-refractivity contribution < 1.29 is 33.6 Å². The van der Waals surface area contributed by atoms with E-state index in [2.05, 4.69) is 11.6 Å². The molecule has 2 rings (SSSR count). The molecule has 8 heteroatoms. The second-order valence-electron chi connectivity index (χ2n) is 5.51. The number of methoxy groups -OCH3 is 2. The summed E-state index contributed by atoms with van der Waals surface area (Å²) in [6, 6.07) is 7.13. The first kappa shape index (κ1) is 20.9. The molecule has 0 saturated carbocycles. The van der Waals surface area contributed by atoms with Gasteiger partial charge in [0, 0.05) is 18.9 Å². The first-order valence-corrected chi connectivity index (χ1v) is 8.18. The minimum Gasteiger partial charge on any atom is -0.506 e. The van der Waals surface area contributed by atoms with Gasteiger partial charge in [0.05, 0.1) is 19.3 Å². The average molecular weight is 389 g/mol. The first-order chi connectivity index (χ1) is 13.4. The van der Waals surface area contributed by atoms with E-state index in [-0.39, 0.29) is 41.5 Å². The SMILES string of the molecule is C=C(F)c1c(OCCOC)cccc1/C(C(=O)OC)=C(\O)c1ncccc1O. The van der Waals surface area contributed by atoms with Crippen LogP contribution in [0.15, 0.2) is 43.1 Å². The molecule has 0 aliphatic rings. The number of hydrogen-bond acceptors (Lipinski definition) is 7. The number of aromatic nitrogens is 1. The largest absolute Gasteiger partial charge is 0.506 e. The highest BCUT2D eigenvalue weighted by atomic mass is 19.1. The summed E-state index contributed by atoms with van der Waals surface area (Å²) in [7, 11) is 2.60. The van der Waals surface area contributed by atoms with Crippen LogP contribution in [0.1, 0.15) is 16.8 Å². The van der Waals surface area contributed by atoms with E-state index < -0.39 is 23.1 Å². The third-order valence-electron chi connectivity index (χ3n) is 3.75. The Kier molecular flexibility index (Phi) is 7.11. The van der Waals surface area contributed by atoms with Crippen molar-refractivity contribution >= 4 is 23.1 Å². The normalized spacial score (nSPS) is 11.5. The van der Waals surface area contributed by atoms with E-state index in [1.54, 1.807) is 0 Å². The number of hydrogen-bond donors (Lipinski definition) is 2.